The SMILES string of the molecule is Cl.O=C(Cn1cnc([N+](=O)[O-])n1)N1CCNCC1c1ccccc1Cl. The molecule has 9 nitrogen and oxygen atoms in total. The van der Waals surface area contributed by atoms with Gasteiger partial charge >= 0.3 is 5.95 Å². The summed E-state index contributed by atoms with van der Waals surface area (Å²) >= 11 is 6.26. The molecule has 1 unspecified atom stereocenters. The lowest BCUT2D eigenvalue weighted by Crippen LogP contribution is -2.49. The summed E-state index contributed by atoms with van der Waals surface area (Å²) < 4.78 is 1.17. The van der Waals surface area contributed by atoms with Crippen molar-refractivity contribution in [3.05, 3.63) is 51.3 Å². The molecular formula is C14H16Cl2N6O3. The Labute approximate surface area is 154 Å². The molecule has 1 aliphatic heterocycles. The van der Waals surface area contributed by atoms with E-state index < -0.39 is 10.9 Å². The van der Waals surface area contributed by atoms with E-state index in [9.17, 15) is 14.9 Å². The molecule has 1 aromatic heterocycles. The van der Waals surface area contributed by atoms with Crippen LogP contribution < -0.4 is 5.32 Å². The molecule has 1 N–H and O–H groups in total. The maximum Gasteiger partial charge on any atom is 0.490 e. The molecule has 0 aliphatic carbocycles. The molecule has 1 fully saturated rings. The number of nitrogens with zero attached hydrogens (tertiary/aromatic N) is 5. The minimum absolute atomic E-state index is 0. The number of halogens is 2. The third-order valence-corrected chi connectivity index (χ3v) is 4.16. The largest absolute Gasteiger partial charge is 0.490 e. The van der Waals surface area contributed by atoms with Crippen molar-refractivity contribution >= 4 is 35.9 Å². The quantitative estimate of drug-likeness (QED) is 0.629. The van der Waals surface area contributed by atoms with E-state index >= 15 is 0 Å². The fourth-order valence-corrected chi connectivity index (χ4v) is 2.96. The van der Waals surface area contributed by atoms with Gasteiger partial charge in [0.2, 0.25) is 12.2 Å². The van der Waals surface area contributed by atoms with Crippen molar-refractivity contribution in [2.45, 2.75) is 12.6 Å². The zero-order valence-corrected chi connectivity index (χ0v) is 14.6. The first-order valence-corrected chi connectivity index (χ1v) is 7.72. The van der Waals surface area contributed by atoms with Crippen LogP contribution in [0.25, 0.3) is 0 Å². The summed E-state index contributed by atoms with van der Waals surface area (Å²) in [5.74, 6) is -0.716. The number of piperazine rings is 1. The highest BCUT2D eigenvalue weighted by molar-refractivity contribution is 6.31. The first-order chi connectivity index (χ1) is 11.6. The van der Waals surface area contributed by atoms with Gasteiger partial charge in [0.1, 0.15) is 6.54 Å². The molecule has 1 atom stereocenters. The van der Waals surface area contributed by atoms with Gasteiger partial charge in [0, 0.05) is 29.8 Å². The average Bonchev–Trinajstić information content (AvgIpc) is 3.04. The zero-order chi connectivity index (χ0) is 17.1. The van der Waals surface area contributed by atoms with Gasteiger partial charge in [0.15, 0.2) is 0 Å². The van der Waals surface area contributed by atoms with E-state index in [-0.39, 0.29) is 30.9 Å². The van der Waals surface area contributed by atoms with Crippen molar-refractivity contribution in [3.8, 4) is 0 Å². The molecule has 2 aromatic rings. The fourth-order valence-electron chi connectivity index (χ4n) is 2.70. The van der Waals surface area contributed by atoms with Crippen molar-refractivity contribution in [1.29, 1.82) is 0 Å². The minimum Gasteiger partial charge on any atom is -0.390 e. The number of nitrogens with one attached hydrogen (secondary N) is 1. The van der Waals surface area contributed by atoms with Gasteiger partial charge in [-0.05, 0) is 16.6 Å². The monoisotopic (exact) mass is 386 g/mol. The second-order valence-corrected chi connectivity index (χ2v) is 5.74. The summed E-state index contributed by atoms with van der Waals surface area (Å²) in [5, 5.41) is 18.2. The van der Waals surface area contributed by atoms with Crippen molar-refractivity contribution in [1.82, 2.24) is 25.0 Å². The average molecular weight is 387 g/mol. The lowest BCUT2D eigenvalue weighted by molar-refractivity contribution is -0.394. The van der Waals surface area contributed by atoms with E-state index in [0.29, 0.717) is 24.7 Å². The van der Waals surface area contributed by atoms with Crippen LogP contribution in [0.4, 0.5) is 5.95 Å². The molecule has 0 radical (unpaired) electrons. The Bertz CT molecular complexity index is 769. The number of hydrogen-bond donors (Lipinski definition) is 1. The van der Waals surface area contributed by atoms with Crippen LogP contribution in [0, 0.1) is 10.1 Å². The number of aromatic nitrogens is 3. The summed E-state index contributed by atoms with van der Waals surface area (Å²) in [6.45, 7) is 1.67. The van der Waals surface area contributed by atoms with Gasteiger partial charge in [-0.15, -0.1) is 12.4 Å². The van der Waals surface area contributed by atoms with E-state index in [1.807, 2.05) is 18.2 Å². The zero-order valence-electron chi connectivity index (χ0n) is 13.0. The smallest absolute Gasteiger partial charge is 0.390 e. The molecule has 1 aromatic carbocycles. The Balaban J connectivity index is 0.00000225. The van der Waals surface area contributed by atoms with Gasteiger partial charge in [0.25, 0.3) is 0 Å². The number of nitro groups is 1. The molecular weight excluding hydrogens is 371 g/mol. The van der Waals surface area contributed by atoms with Crippen LogP contribution in [0.1, 0.15) is 11.6 Å². The summed E-state index contributed by atoms with van der Waals surface area (Å²) in [7, 11) is 0. The standard InChI is InChI=1S/C14H15ClN6O3.ClH/c15-11-4-2-1-3-10(11)12-7-16-5-6-20(12)13(22)8-19-9-17-14(18-19)21(23)24;/h1-4,9,12,16H,5-8H2;1H. The van der Waals surface area contributed by atoms with Gasteiger partial charge < -0.3 is 20.3 Å². The highest BCUT2D eigenvalue weighted by atomic mass is 35.5. The van der Waals surface area contributed by atoms with Crippen LogP contribution >= 0.6 is 24.0 Å². The molecule has 134 valence electrons. The number of carbonyl (C=O) groups excluding carboxylic acids is 1. The third kappa shape index (κ3) is 4.25. The van der Waals surface area contributed by atoms with E-state index in [1.165, 1.54) is 11.0 Å². The first kappa shape index (κ1) is 19.1. The summed E-state index contributed by atoms with van der Waals surface area (Å²) in [6, 6.07) is 7.19. The lowest BCUT2D eigenvalue weighted by atomic mass is 10.0. The van der Waals surface area contributed by atoms with Crippen LogP contribution in [0.5, 0.6) is 0 Å². The molecule has 2 heterocycles. The van der Waals surface area contributed by atoms with Crippen molar-refractivity contribution in [2.75, 3.05) is 19.6 Å². The summed E-state index contributed by atoms with van der Waals surface area (Å²) in [6.07, 6.45) is 1.18. The normalized spacial score (nSPS) is 17.0. The van der Waals surface area contributed by atoms with Crippen molar-refractivity contribution in [3.63, 3.8) is 0 Å². The van der Waals surface area contributed by atoms with E-state index in [1.54, 1.807) is 11.0 Å². The second kappa shape index (κ2) is 8.24. The molecule has 1 aliphatic rings. The topological polar surface area (TPSA) is 106 Å². The molecule has 0 bridgehead atoms. The van der Waals surface area contributed by atoms with E-state index in [4.69, 9.17) is 11.6 Å². The predicted molar refractivity (Wildman–Crippen MR) is 92.7 cm³/mol. The minimum atomic E-state index is -0.696. The number of amides is 1. The predicted octanol–water partition coefficient (Wildman–Crippen LogP) is 1.43. The summed E-state index contributed by atoms with van der Waals surface area (Å²) in [5.41, 5.74) is 0.865. The summed E-state index contributed by atoms with van der Waals surface area (Å²) in [4.78, 5) is 27.8. The first-order valence-electron chi connectivity index (χ1n) is 7.34. The van der Waals surface area contributed by atoms with Crippen LogP contribution in [0.3, 0.4) is 0 Å². The molecule has 1 amide bonds. The maximum atomic E-state index is 12.6. The Morgan fingerprint density at radius 3 is 2.88 bits per heavy atom. The Hall–Kier alpha value is -2.23. The Kier molecular flexibility index (Phi) is 6.29. The van der Waals surface area contributed by atoms with Gasteiger partial charge in [-0.25, -0.2) is 0 Å². The molecule has 11 heteroatoms. The van der Waals surface area contributed by atoms with Crippen LogP contribution in [-0.2, 0) is 11.3 Å². The third-order valence-electron chi connectivity index (χ3n) is 3.81. The van der Waals surface area contributed by atoms with Gasteiger partial charge in [-0.2, -0.15) is 4.68 Å². The van der Waals surface area contributed by atoms with Crippen LogP contribution in [0.2, 0.25) is 5.02 Å². The number of rotatable bonds is 4. The van der Waals surface area contributed by atoms with Gasteiger partial charge in [-0.3, -0.25) is 4.79 Å². The van der Waals surface area contributed by atoms with Gasteiger partial charge in [0.05, 0.1) is 6.04 Å². The molecule has 3 rings (SSSR count). The van der Waals surface area contributed by atoms with E-state index in [2.05, 4.69) is 15.4 Å². The van der Waals surface area contributed by atoms with Crippen LogP contribution in [0.15, 0.2) is 30.6 Å². The van der Waals surface area contributed by atoms with Crippen molar-refractivity contribution in [2.24, 2.45) is 0 Å². The maximum absolute atomic E-state index is 12.6. The highest BCUT2D eigenvalue weighted by Gasteiger charge is 2.30. The van der Waals surface area contributed by atoms with Crippen LogP contribution in [-0.4, -0.2) is 50.1 Å². The molecule has 1 saturated heterocycles. The number of hydrogen-bond acceptors (Lipinski definition) is 6. The Morgan fingerprint density at radius 1 is 1.44 bits per heavy atom. The van der Waals surface area contributed by atoms with E-state index in [0.717, 1.165) is 5.56 Å². The molecule has 0 spiro atoms. The number of benzene rings is 1. The highest BCUT2D eigenvalue weighted by Crippen LogP contribution is 2.28. The second-order valence-electron chi connectivity index (χ2n) is 5.33. The molecule has 0 saturated carbocycles. The fraction of sp³-hybridized carbons (Fsp3) is 0.357. The van der Waals surface area contributed by atoms with Crippen molar-refractivity contribution < 1.29 is 9.72 Å². The lowest BCUT2D eigenvalue weighted by Gasteiger charge is -2.36. The molecule has 25 heavy (non-hydrogen) atoms. The van der Waals surface area contributed by atoms with Gasteiger partial charge in [-0.1, -0.05) is 34.8 Å². The Morgan fingerprint density at radius 2 is 2.20 bits per heavy atom. The number of carbonyl (C=O) groups is 1.